The molecule has 0 bridgehead atoms. The van der Waals surface area contributed by atoms with Gasteiger partial charge in [0.05, 0.1) is 12.3 Å². The predicted molar refractivity (Wildman–Crippen MR) is 61.8 cm³/mol. The molecule has 1 aromatic heterocycles. The molecule has 0 fully saturated rings. The molecule has 1 heterocycles. The Hall–Kier alpha value is -1.58. The van der Waals surface area contributed by atoms with Crippen LogP contribution in [0.5, 0.6) is 0 Å². The van der Waals surface area contributed by atoms with Crippen molar-refractivity contribution in [1.29, 1.82) is 0 Å². The van der Waals surface area contributed by atoms with E-state index < -0.39 is 12.1 Å². The molecule has 2 unspecified atom stereocenters. The number of furan rings is 1. The monoisotopic (exact) mass is 217 g/mol. The Bertz CT molecular complexity index is 450. The first kappa shape index (κ1) is 10.9. The van der Waals surface area contributed by atoms with Crippen LogP contribution in [0.2, 0.25) is 0 Å². The maximum absolute atomic E-state index is 10.1. The SMILES string of the molecule is Cc1ccoc1C(O)C(N)c1ccccc1. The van der Waals surface area contributed by atoms with Crippen molar-refractivity contribution < 1.29 is 9.52 Å². The normalized spacial score (nSPS) is 14.7. The lowest BCUT2D eigenvalue weighted by molar-refractivity contribution is 0.120. The third kappa shape index (κ3) is 2.01. The van der Waals surface area contributed by atoms with Crippen molar-refractivity contribution in [3.8, 4) is 0 Å². The van der Waals surface area contributed by atoms with Gasteiger partial charge in [0.2, 0.25) is 0 Å². The third-order valence-corrected chi connectivity index (χ3v) is 2.69. The van der Waals surface area contributed by atoms with Gasteiger partial charge in [0.25, 0.3) is 0 Å². The maximum atomic E-state index is 10.1. The second kappa shape index (κ2) is 4.51. The zero-order valence-electron chi connectivity index (χ0n) is 9.13. The molecule has 0 aliphatic rings. The van der Waals surface area contributed by atoms with E-state index in [-0.39, 0.29) is 0 Å². The average molecular weight is 217 g/mol. The van der Waals surface area contributed by atoms with Crippen LogP contribution in [0.15, 0.2) is 47.1 Å². The van der Waals surface area contributed by atoms with Gasteiger partial charge in [0.15, 0.2) is 0 Å². The van der Waals surface area contributed by atoms with Crippen molar-refractivity contribution in [3.05, 3.63) is 59.5 Å². The summed E-state index contributed by atoms with van der Waals surface area (Å²) in [5.74, 6) is 0.538. The molecule has 2 aromatic rings. The highest BCUT2D eigenvalue weighted by molar-refractivity contribution is 5.24. The zero-order valence-corrected chi connectivity index (χ0v) is 9.13. The predicted octanol–water partition coefficient (Wildman–Crippen LogP) is 2.32. The van der Waals surface area contributed by atoms with Gasteiger partial charge in [-0.2, -0.15) is 0 Å². The second-order valence-electron chi connectivity index (χ2n) is 3.85. The molecule has 0 amide bonds. The zero-order chi connectivity index (χ0) is 11.5. The summed E-state index contributed by atoms with van der Waals surface area (Å²) < 4.78 is 5.24. The Morgan fingerprint density at radius 1 is 1.19 bits per heavy atom. The summed E-state index contributed by atoms with van der Waals surface area (Å²) in [6.45, 7) is 1.89. The summed E-state index contributed by atoms with van der Waals surface area (Å²) in [7, 11) is 0. The van der Waals surface area contributed by atoms with Gasteiger partial charge in [0, 0.05) is 0 Å². The first-order chi connectivity index (χ1) is 7.70. The number of hydrogen-bond acceptors (Lipinski definition) is 3. The highest BCUT2D eigenvalue weighted by Gasteiger charge is 2.22. The van der Waals surface area contributed by atoms with Crippen molar-refractivity contribution in [2.45, 2.75) is 19.1 Å². The lowest BCUT2D eigenvalue weighted by atomic mass is 9.99. The van der Waals surface area contributed by atoms with Crippen molar-refractivity contribution in [2.75, 3.05) is 0 Å². The number of aryl methyl sites for hydroxylation is 1. The van der Waals surface area contributed by atoms with Crippen molar-refractivity contribution in [2.24, 2.45) is 5.73 Å². The molecule has 0 spiro atoms. The van der Waals surface area contributed by atoms with E-state index in [1.54, 1.807) is 6.26 Å². The molecular formula is C13H15NO2. The fourth-order valence-corrected chi connectivity index (χ4v) is 1.71. The van der Waals surface area contributed by atoms with Crippen LogP contribution in [0, 0.1) is 6.92 Å². The first-order valence-electron chi connectivity index (χ1n) is 5.22. The lowest BCUT2D eigenvalue weighted by Crippen LogP contribution is -2.19. The van der Waals surface area contributed by atoms with Crippen LogP contribution in [0.25, 0.3) is 0 Å². The summed E-state index contributed by atoms with van der Waals surface area (Å²) in [6, 6.07) is 10.9. The molecule has 0 radical (unpaired) electrons. The molecule has 3 heteroatoms. The standard InChI is InChI=1S/C13H15NO2/c1-9-7-8-16-13(9)12(15)11(14)10-5-3-2-4-6-10/h2-8,11-12,15H,14H2,1H3. The molecule has 3 N–H and O–H groups in total. The largest absolute Gasteiger partial charge is 0.466 e. The van der Waals surface area contributed by atoms with E-state index in [0.29, 0.717) is 5.76 Å². The van der Waals surface area contributed by atoms with Gasteiger partial charge < -0.3 is 15.3 Å². The number of nitrogens with two attached hydrogens (primary N) is 1. The molecule has 2 atom stereocenters. The number of aliphatic hydroxyl groups is 1. The quantitative estimate of drug-likeness (QED) is 0.829. The Labute approximate surface area is 94.5 Å². The van der Waals surface area contributed by atoms with Crippen LogP contribution in [0.4, 0.5) is 0 Å². The summed E-state index contributed by atoms with van der Waals surface area (Å²) >= 11 is 0. The molecular weight excluding hydrogens is 202 g/mol. The molecule has 0 aliphatic heterocycles. The fourth-order valence-electron chi connectivity index (χ4n) is 1.71. The van der Waals surface area contributed by atoms with Crippen molar-refractivity contribution >= 4 is 0 Å². The number of benzene rings is 1. The highest BCUT2D eigenvalue weighted by atomic mass is 16.4. The van der Waals surface area contributed by atoms with E-state index in [4.69, 9.17) is 10.2 Å². The third-order valence-electron chi connectivity index (χ3n) is 2.69. The molecule has 1 aromatic carbocycles. The number of hydrogen-bond donors (Lipinski definition) is 2. The minimum absolute atomic E-state index is 0.467. The van der Waals surface area contributed by atoms with E-state index in [1.165, 1.54) is 0 Å². The Kier molecular flexibility index (Phi) is 3.08. The van der Waals surface area contributed by atoms with Gasteiger partial charge in [-0.1, -0.05) is 30.3 Å². The minimum atomic E-state index is -0.808. The molecule has 0 saturated carbocycles. The summed E-state index contributed by atoms with van der Waals surface area (Å²) in [4.78, 5) is 0. The van der Waals surface area contributed by atoms with E-state index >= 15 is 0 Å². The van der Waals surface area contributed by atoms with Crippen molar-refractivity contribution in [3.63, 3.8) is 0 Å². The average Bonchev–Trinajstić information content (AvgIpc) is 2.75. The van der Waals surface area contributed by atoms with Crippen LogP contribution < -0.4 is 5.73 Å². The molecule has 0 saturated heterocycles. The fraction of sp³-hybridized carbons (Fsp3) is 0.231. The summed E-state index contributed by atoms with van der Waals surface area (Å²) in [6.07, 6.45) is 0.753. The summed E-state index contributed by atoms with van der Waals surface area (Å²) in [5.41, 5.74) is 7.80. The Morgan fingerprint density at radius 3 is 2.44 bits per heavy atom. The van der Waals surface area contributed by atoms with E-state index in [2.05, 4.69) is 0 Å². The number of aliphatic hydroxyl groups excluding tert-OH is 1. The van der Waals surface area contributed by atoms with E-state index in [9.17, 15) is 5.11 Å². The summed E-state index contributed by atoms with van der Waals surface area (Å²) in [5, 5.41) is 10.1. The van der Waals surface area contributed by atoms with Crippen LogP contribution >= 0.6 is 0 Å². The highest BCUT2D eigenvalue weighted by Crippen LogP contribution is 2.28. The van der Waals surface area contributed by atoms with Gasteiger partial charge in [-0.25, -0.2) is 0 Å². The minimum Gasteiger partial charge on any atom is -0.466 e. The number of rotatable bonds is 3. The van der Waals surface area contributed by atoms with Crippen LogP contribution in [0.3, 0.4) is 0 Å². The first-order valence-corrected chi connectivity index (χ1v) is 5.22. The Balaban J connectivity index is 2.23. The molecule has 0 aliphatic carbocycles. The topological polar surface area (TPSA) is 59.4 Å². The van der Waals surface area contributed by atoms with Crippen molar-refractivity contribution in [1.82, 2.24) is 0 Å². The molecule has 84 valence electrons. The second-order valence-corrected chi connectivity index (χ2v) is 3.85. The van der Waals surface area contributed by atoms with Gasteiger partial charge in [-0.3, -0.25) is 0 Å². The van der Waals surface area contributed by atoms with Gasteiger partial charge in [0.1, 0.15) is 11.9 Å². The smallest absolute Gasteiger partial charge is 0.137 e. The van der Waals surface area contributed by atoms with Crippen LogP contribution in [0.1, 0.15) is 29.0 Å². The van der Waals surface area contributed by atoms with Gasteiger partial charge >= 0.3 is 0 Å². The molecule has 16 heavy (non-hydrogen) atoms. The van der Waals surface area contributed by atoms with E-state index in [1.807, 2.05) is 43.3 Å². The maximum Gasteiger partial charge on any atom is 0.137 e. The Morgan fingerprint density at radius 2 is 1.88 bits per heavy atom. The van der Waals surface area contributed by atoms with Gasteiger partial charge in [-0.05, 0) is 24.1 Å². The van der Waals surface area contributed by atoms with Crippen LogP contribution in [-0.2, 0) is 0 Å². The molecule has 3 nitrogen and oxygen atoms in total. The van der Waals surface area contributed by atoms with Gasteiger partial charge in [-0.15, -0.1) is 0 Å². The lowest BCUT2D eigenvalue weighted by Gasteiger charge is -2.17. The van der Waals surface area contributed by atoms with Crippen LogP contribution in [-0.4, -0.2) is 5.11 Å². The van der Waals surface area contributed by atoms with E-state index in [0.717, 1.165) is 11.1 Å². The molecule has 2 rings (SSSR count).